The molecule has 1 fully saturated rings. The van der Waals surface area contributed by atoms with Gasteiger partial charge in [0.25, 0.3) is 0 Å². The van der Waals surface area contributed by atoms with Crippen molar-refractivity contribution in [1.29, 1.82) is 0 Å². The Kier molecular flexibility index (Phi) is 8.84. The maximum absolute atomic E-state index is 12.2. The molecule has 1 heterocycles. The summed E-state index contributed by atoms with van der Waals surface area (Å²) in [6.45, 7) is 9.14. The number of likely N-dealkylation sites (N-methyl/N-ethyl adjacent to an activating group) is 1. The molecule has 2 aromatic rings. The molecule has 34 heavy (non-hydrogen) atoms. The number of anilines is 3. The van der Waals surface area contributed by atoms with Gasteiger partial charge in [-0.2, -0.15) is 0 Å². The smallest absolute Gasteiger partial charge is 0.241 e. The van der Waals surface area contributed by atoms with Gasteiger partial charge in [0.05, 0.1) is 19.3 Å². The second-order valence-corrected chi connectivity index (χ2v) is 8.32. The SMILES string of the molecule is C=C(/N=C\C=C(/N)c1ccc(NC(=O)[C@H](C)N(C)C)cc1)Nc1ccc(N2CCOCC2)cc1. The zero-order valence-corrected chi connectivity index (χ0v) is 20.1. The van der Waals surface area contributed by atoms with Crippen molar-refractivity contribution in [2.24, 2.45) is 10.7 Å². The number of aliphatic imine (C=N–C) groups is 1. The Labute approximate surface area is 201 Å². The lowest BCUT2D eigenvalue weighted by molar-refractivity contribution is -0.119. The van der Waals surface area contributed by atoms with Crippen LogP contribution in [-0.4, -0.2) is 63.5 Å². The Balaban J connectivity index is 1.51. The molecule has 1 saturated heterocycles. The number of nitrogens with zero attached hydrogens (tertiary/aromatic N) is 3. The quantitative estimate of drug-likeness (QED) is 0.495. The first-order valence-corrected chi connectivity index (χ1v) is 11.3. The lowest BCUT2D eigenvalue weighted by Gasteiger charge is -2.28. The van der Waals surface area contributed by atoms with Crippen LogP contribution in [0.15, 0.2) is 72.0 Å². The Bertz CT molecular complexity index is 1020. The topological polar surface area (TPSA) is 95.2 Å². The van der Waals surface area contributed by atoms with Crippen LogP contribution in [0.4, 0.5) is 17.1 Å². The van der Waals surface area contributed by atoms with Gasteiger partial charge < -0.3 is 26.0 Å². The van der Waals surface area contributed by atoms with E-state index in [9.17, 15) is 4.79 Å². The Hall–Kier alpha value is -3.62. The molecule has 0 spiro atoms. The van der Waals surface area contributed by atoms with Gasteiger partial charge in [-0.15, -0.1) is 0 Å². The van der Waals surface area contributed by atoms with Gasteiger partial charge in [0.15, 0.2) is 0 Å². The second kappa shape index (κ2) is 12.0. The van der Waals surface area contributed by atoms with Crippen molar-refractivity contribution in [3.63, 3.8) is 0 Å². The third kappa shape index (κ3) is 7.19. The summed E-state index contributed by atoms with van der Waals surface area (Å²) in [4.78, 5) is 20.6. The average molecular weight is 463 g/mol. The van der Waals surface area contributed by atoms with Crippen LogP contribution in [-0.2, 0) is 9.53 Å². The first-order chi connectivity index (χ1) is 16.3. The van der Waals surface area contributed by atoms with E-state index in [-0.39, 0.29) is 11.9 Å². The zero-order valence-electron chi connectivity index (χ0n) is 20.1. The van der Waals surface area contributed by atoms with E-state index in [0.29, 0.717) is 11.5 Å². The highest BCUT2D eigenvalue weighted by Gasteiger charge is 2.14. The van der Waals surface area contributed by atoms with Crippen molar-refractivity contribution in [2.75, 3.05) is 55.9 Å². The standard InChI is InChI=1S/C26H34N6O2/c1-19(31(3)4)26(33)30-23-7-5-21(6-8-23)25(27)13-14-28-20(2)29-22-9-11-24(12-10-22)32-15-17-34-18-16-32/h5-14,19,29H,2,15-18,27H2,1,3-4H3,(H,30,33)/b25-13-,28-14-/t19-/m0/s1. The highest BCUT2D eigenvalue weighted by molar-refractivity contribution is 5.94. The van der Waals surface area contributed by atoms with E-state index in [0.717, 1.165) is 43.2 Å². The summed E-state index contributed by atoms with van der Waals surface area (Å²) in [6.07, 6.45) is 3.33. The molecule has 0 aromatic heterocycles. The molecule has 180 valence electrons. The minimum atomic E-state index is -0.217. The zero-order chi connectivity index (χ0) is 24.5. The fraction of sp³-hybridized carbons (Fsp3) is 0.308. The first kappa shape index (κ1) is 25.0. The second-order valence-electron chi connectivity index (χ2n) is 8.32. The maximum Gasteiger partial charge on any atom is 0.241 e. The van der Waals surface area contributed by atoms with E-state index in [2.05, 4.69) is 39.2 Å². The van der Waals surface area contributed by atoms with Crippen molar-refractivity contribution in [1.82, 2.24) is 4.90 Å². The van der Waals surface area contributed by atoms with Crippen molar-refractivity contribution >= 4 is 34.9 Å². The van der Waals surface area contributed by atoms with Crippen molar-refractivity contribution in [2.45, 2.75) is 13.0 Å². The Morgan fingerprint density at radius 3 is 2.29 bits per heavy atom. The van der Waals surface area contributed by atoms with E-state index in [1.165, 1.54) is 5.69 Å². The lowest BCUT2D eigenvalue weighted by Crippen LogP contribution is -2.37. The number of allylic oxidation sites excluding steroid dienone is 1. The summed E-state index contributed by atoms with van der Waals surface area (Å²) in [6, 6.07) is 15.3. The average Bonchev–Trinajstić information content (AvgIpc) is 2.84. The largest absolute Gasteiger partial charge is 0.398 e. The molecule has 0 unspecified atom stereocenters. The number of nitrogens with one attached hydrogen (secondary N) is 2. The van der Waals surface area contributed by atoms with Crippen LogP contribution in [0.1, 0.15) is 12.5 Å². The summed E-state index contributed by atoms with van der Waals surface area (Å²) < 4.78 is 5.40. The number of hydrogen-bond acceptors (Lipinski definition) is 7. The van der Waals surface area contributed by atoms with Gasteiger partial charge in [-0.3, -0.25) is 9.69 Å². The fourth-order valence-electron chi connectivity index (χ4n) is 3.31. The lowest BCUT2D eigenvalue weighted by atomic mass is 10.1. The number of benzene rings is 2. The summed E-state index contributed by atoms with van der Waals surface area (Å²) in [7, 11) is 3.74. The summed E-state index contributed by atoms with van der Waals surface area (Å²) in [5.41, 5.74) is 10.4. The van der Waals surface area contributed by atoms with Gasteiger partial charge in [0, 0.05) is 42.1 Å². The molecule has 1 aliphatic rings. The molecule has 8 heteroatoms. The summed E-state index contributed by atoms with van der Waals surface area (Å²) in [5.74, 6) is 0.450. The highest BCUT2D eigenvalue weighted by Crippen LogP contribution is 2.20. The fourth-order valence-corrected chi connectivity index (χ4v) is 3.31. The van der Waals surface area contributed by atoms with E-state index >= 15 is 0 Å². The van der Waals surface area contributed by atoms with Gasteiger partial charge in [-0.05, 0) is 69.1 Å². The predicted octanol–water partition coefficient (Wildman–Crippen LogP) is 3.37. The minimum absolute atomic E-state index is 0.0601. The molecule has 8 nitrogen and oxygen atoms in total. The molecule has 0 bridgehead atoms. The normalized spacial score (nSPS) is 15.4. The van der Waals surface area contributed by atoms with E-state index in [1.807, 2.05) is 62.3 Å². The molecule has 2 aromatic carbocycles. The summed E-state index contributed by atoms with van der Waals surface area (Å²) >= 11 is 0. The van der Waals surface area contributed by atoms with Gasteiger partial charge in [-0.1, -0.05) is 18.7 Å². The Morgan fingerprint density at radius 1 is 1.09 bits per heavy atom. The van der Waals surface area contributed by atoms with E-state index in [1.54, 1.807) is 12.3 Å². The molecule has 1 atom stereocenters. The first-order valence-electron chi connectivity index (χ1n) is 11.3. The van der Waals surface area contributed by atoms with Crippen molar-refractivity contribution < 1.29 is 9.53 Å². The number of nitrogens with two attached hydrogens (primary N) is 1. The molecular weight excluding hydrogens is 428 g/mol. The van der Waals surface area contributed by atoms with Crippen molar-refractivity contribution in [3.8, 4) is 0 Å². The number of carbonyl (C=O) groups excluding carboxylic acids is 1. The van der Waals surface area contributed by atoms with E-state index in [4.69, 9.17) is 10.5 Å². The number of carbonyl (C=O) groups is 1. The number of hydrogen-bond donors (Lipinski definition) is 3. The molecule has 1 aliphatic heterocycles. The van der Waals surface area contributed by atoms with Gasteiger partial charge in [0.2, 0.25) is 5.91 Å². The van der Waals surface area contributed by atoms with Gasteiger partial charge in [-0.25, -0.2) is 4.99 Å². The molecule has 1 amide bonds. The molecule has 4 N–H and O–H groups in total. The monoisotopic (exact) mass is 462 g/mol. The summed E-state index contributed by atoms with van der Waals surface area (Å²) in [5, 5.41) is 6.08. The maximum atomic E-state index is 12.2. The molecule has 0 radical (unpaired) electrons. The third-order valence-electron chi connectivity index (χ3n) is 5.66. The Morgan fingerprint density at radius 2 is 1.68 bits per heavy atom. The van der Waals surface area contributed by atoms with Crippen LogP contribution in [0, 0.1) is 0 Å². The predicted molar refractivity (Wildman–Crippen MR) is 141 cm³/mol. The highest BCUT2D eigenvalue weighted by atomic mass is 16.5. The van der Waals surface area contributed by atoms with E-state index < -0.39 is 0 Å². The number of morpholine rings is 1. The van der Waals surface area contributed by atoms with Crippen molar-refractivity contribution in [3.05, 3.63) is 72.6 Å². The number of rotatable bonds is 9. The van der Waals surface area contributed by atoms with Crippen LogP contribution in [0.5, 0.6) is 0 Å². The van der Waals surface area contributed by atoms with Crippen LogP contribution in [0.2, 0.25) is 0 Å². The van der Waals surface area contributed by atoms with Gasteiger partial charge in [0.1, 0.15) is 5.82 Å². The molecule has 0 aliphatic carbocycles. The van der Waals surface area contributed by atoms with Crippen LogP contribution in [0.3, 0.4) is 0 Å². The number of amides is 1. The molecule has 0 saturated carbocycles. The molecule has 3 rings (SSSR count). The van der Waals surface area contributed by atoms with Crippen LogP contribution < -0.4 is 21.3 Å². The number of ether oxygens (including phenoxy) is 1. The van der Waals surface area contributed by atoms with Crippen LogP contribution in [0.25, 0.3) is 5.70 Å². The third-order valence-corrected chi connectivity index (χ3v) is 5.66. The van der Waals surface area contributed by atoms with Gasteiger partial charge >= 0.3 is 0 Å². The molecular formula is C26H34N6O2. The van der Waals surface area contributed by atoms with Crippen LogP contribution >= 0.6 is 0 Å². The minimum Gasteiger partial charge on any atom is -0.398 e.